The van der Waals surface area contributed by atoms with Gasteiger partial charge < -0.3 is 0 Å². The maximum Gasteiger partial charge on any atom is 0.240 e. The molecule has 0 bridgehead atoms. The van der Waals surface area contributed by atoms with Crippen LogP contribution in [0.1, 0.15) is 11.1 Å². The van der Waals surface area contributed by atoms with Crippen molar-refractivity contribution in [1.82, 2.24) is 0 Å². The van der Waals surface area contributed by atoms with Crippen LogP contribution in [0.4, 0.5) is 11.4 Å². The summed E-state index contributed by atoms with van der Waals surface area (Å²) in [6.07, 6.45) is 3.30. The van der Waals surface area contributed by atoms with E-state index in [1.54, 1.807) is 23.9 Å². The zero-order chi connectivity index (χ0) is 22.9. The van der Waals surface area contributed by atoms with Crippen molar-refractivity contribution in [3.63, 3.8) is 0 Å². The van der Waals surface area contributed by atoms with Gasteiger partial charge in [0.05, 0.1) is 11.4 Å². The molecule has 0 aliphatic rings. The molecule has 0 atom stereocenters. The van der Waals surface area contributed by atoms with Crippen molar-refractivity contribution in [1.29, 1.82) is 0 Å². The zero-order valence-corrected chi connectivity index (χ0v) is 18.6. The number of hydrogen-bond donors (Lipinski definition) is 0. The van der Waals surface area contributed by atoms with E-state index in [2.05, 4.69) is 34.3 Å². The molecule has 0 radical (unpaired) electrons. The summed E-state index contributed by atoms with van der Waals surface area (Å²) >= 11 is 1.80. The van der Waals surface area contributed by atoms with Gasteiger partial charge in [-0.15, -0.1) is 0 Å². The second kappa shape index (κ2) is 11.0. The number of benzene rings is 4. The van der Waals surface area contributed by atoms with Crippen LogP contribution in [0.3, 0.4) is 0 Å². The molecule has 4 rings (SSSR count). The standard InChI is InChI=1S/C28H20N2O2S/c31-19-29-27-15-7-5-13-25(27)23-11-3-1-9-21(23)17-33-18-22-10-2-4-12-24(22)26-14-6-8-16-28(26)30-20-32/h1-16H,17-18H2. The van der Waals surface area contributed by atoms with Gasteiger partial charge in [0.15, 0.2) is 0 Å². The molecule has 4 nitrogen and oxygen atoms in total. The second-order valence-electron chi connectivity index (χ2n) is 7.25. The molecule has 33 heavy (non-hydrogen) atoms. The number of rotatable bonds is 8. The van der Waals surface area contributed by atoms with Crippen molar-refractivity contribution >= 4 is 35.3 Å². The monoisotopic (exact) mass is 448 g/mol. The molecule has 4 aromatic rings. The van der Waals surface area contributed by atoms with Gasteiger partial charge in [-0.25, -0.2) is 9.59 Å². The van der Waals surface area contributed by atoms with Gasteiger partial charge in [-0.1, -0.05) is 84.9 Å². The minimum atomic E-state index is 0.614. The van der Waals surface area contributed by atoms with Crippen molar-refractivity contribution in [3.8, 4) is 22.3 Å². The van der Waals surface area contributed by atoms with E-state index < -0.39 is 0 Å². The van der Waals surface area contributed by atoms with Crippen LogP contribution in [0.15, 0.2) is 107 Å². The van der Waals surface area contributed by atoms with Crippen LogP contribution in [-0.2, 0) is 21.1 Å². The summed E-state index contributed by atoms with van der Waals surface area (Å²) in [6, 6.07) is 31.5. The number of isocyanates is 2. The fourth-order valence-electron chi connectivity index (χ4n) is 3.78. The van der Waals surface area contributed by atoms with Gasteiger partial charge in [-0.3, -0.25) is 0 Å². The predicted octanol–water partition coefficient (Wildman–Crippen LogP) is 7.39. The highest BCUT2D eigenvalue weighted by Gasteiger charge is 2.11. The number of nitrogens with zero attached hydrogens (tertiary/aromatic N) is 2. The fraction of sp³-hybridized carbons (Fsp3) is 0.0714. The highest BCUT2D eigenvalue weighted by molar-refractivity contribution is 7.97. The van der Waals surface area contributed by atoms with Gasteiger partial charge in [0, 0.05) is 22.6 Å². The summed E-state index contributed by atoms with van der Waals surface area (Å²) in [7, 11) is 0. The highest BCUT2D eigenvalue weighted by atomic mass is 32.2. The SMILES string of the molecule is O=C=Nc1ccccc1-c1ccccc1CSCc1ccccc1-c1ccccc1N=C=O. The lowest BCUT2D eigenvalue weighted by Crippen LogP contribution is -1.91. The van der Waals surface area contributed by atoms with Gasteiger partial charge in [0.25, 0.3) is 0 Å². The van der Waals surface area contributed by atoms with Crippen LogP contribution < -0.4 is 0 Å². The molecule has 0 aliphatic carbocycles. The van der Waals surface area contributed by atoms with E-state index >= 15 is 0 Å². The van der Waals surface area contributed by atoms with Crippen molar-refractivity contribution in [2.75, 3.05) is 0 Å². The molecule has 0 saturated carbocycles. The molecule has 0 unspecified atom stereocenters. The topological polar surface area (TPSA) is 58.9 Å². The predicted molar refractivity (Wildman–Crippen MR) is 134 cm³/mol. The smallest absolute Gasteiger partial charge is 0.211 e. The summed E-state index contributed by atoms with van der Waals surface area (Å²) in [5.41, 5.74) is 7.50. The second-order valence-corrected chi connectivity index (χ2v) is 8.23. The summed E-state index contributed by atoms with van der Waals surface area (Å²) in [6.45, 7) is 0. The number of thioether (sulfide) groups is 1. The van der Waals surface area contributed by atoms with Crippen molar-refractivity contribution in [3.05, 3.63) is 108 Å². The number of hydrogen-bond acceptors (Lipinski definition) is 5. The largest absolute Gasteiger partial charge is 0.240 e. The zero-order valence-electron chi connectivity index (χ0n) is 17.8. The lowest BCUT2D eigenvalue weighted by Gasteiger charge is -2.13. The molecule has 0 N–H and O–H groups in total. The maximum atomic E-state index is 10.9. The first-order valence-corrected chi connectivity index (χ1v) is 11.6. The molecule has 4 aromatic carbocycles. The fourth-order valence-corrected chi connectivity index (χ4v) is 4.83. The summed E-state index contributed by atoms with van der Waals surface area (Å²) in [5, 5.41) is 0. The molecule has 0 aliphatic heterocycles. The Bertz CT molecular complexity index is 1260. The molecule has 0 aromatic heterocycles. The van der Waals surface area contributed by atoms with Crippen LogP contribution in [0, 0.1) is 0 Å². The molecule has 0 heterocycles. The minimum absolute atomic E-state index is 0.614. The van der Waals surface area contributed by atoms with Gasteiger partial charge in [0.1, 0.15) is 0 Å². The lowest BCUT2D eigenvalue weighted by atomic mass is 9.99. The Hall–Kier alpha value is -4.01. The van der Waals surface area contributed by atoms with E-state index in [1.165, 1.54) is 11.1 Å². The van der Waals surface area contributed by atoms with Crippen LogP contribution in [-0.4, -0.2) is 12.2 Å². The first kappa shape index (κ1) is 22.2. The maximum absolute atomic E-state index is 10.9. The van der Waals surface area contributed by atoms with E-state index in [4.69, 9.17) is 0 Å². The molecule has 0 saturated heterocycles. The molecular formula is C28H20N2O2S. The van der Waals surface area contributed by atoms with E-state index in [1.807, 2.05) is 72.8 Å². The normalized spacial score (nSPS) is 10.2. The van der Waals surface area contributed by atoms with Crippen LogP contribution in [0.5, 0.6) is 0 Å². The van der Waals surface area contributed by atoms with E-state index in [0.717, 1.165) is 33.8 Å². The summed E-state index contributed by atoms with van der Waals surface area (Å²) < 4.78 is 0. The number of carbonyl (C=O) groups excluding carboxylic acids is 2. The van der Waals surface area contributed by atoms with Gasteiger partial charge in [-0.2, -0.15) is 21.7 Å². The molecule has 5 heteroatoms. The molecule has 0 fully saturated rings. The quantitative estimate of drug-likeness (QED) is 0.209. The van der Waals surface area contributed by atoms with Gasteiger partial charge in [0.2, 0.25) is 12.2 Å². The molecular weight excluding hydrogens is 428 g/mol. The van der Waals surface area contributed by atoms with Crippen molar-refractivity contribution in [2.24, 2.45) is 9.98 Å². The summed E-state index contributed by atoms with van der Waals surface area (Å²) in [5.74, 6) is 1.58. The number of aliphatic imine (C=N–C) groups is 2. The van der Waals surface area contributed by atoms with Crippen LogP contribution in [0.2, 0.25) is 0 Å². The molecule has 0 spiro atoms. The van der Waals surface area contributed by atoms with Gasteiger partial charge >= 0.3 is 0 Å². The van der Waals surface area contributed by atoms with Crippen molar-refractivity contribution < 1.29 is 9.59 Å². The Labute approximate surface area is 196 Å². The molecule has 0 amide bonds. The van der Waals surface area contributed by atoms with E-state index in [9.17, 15) is 9.59 Å². The third kappa shape index (κ3) is 5.25. The lowest BCUT2D eigenvalue weighted by molar-refractivity contribution is 0.564. The van der Waals surface area contributed by atoms with Gasteiger partial charge in [-0.05, 0) is 34.4 Å². The third-order valence-corrected chi connectivity index (χ3v) is 6.30. The Morgan fingerprint density at radius 3 is 1.30 bits per heavy atom. The number of para-hydroxylation sites is 2. The van der Waals surface area contributed by atoms with E-state index in [0.29, 0.717) is 11.4 Å². The average molecular weight is 449 g/mol. The highest BCUT2D eigenvalue weighted by Crippen LogP contribution is 2.36. The third-order valence-electron chi connectivity index (χ3n) is 5.27. The summed E-state index contributed by atoms with van der Waals surface area (Å²) in [4.78, 5) is 29.5. The average Bonchev–Trinajstić information content (AvgIpc) is 2.86. The van der Waals surface area contributed by atoms with Crippen LogP contribution in [0.25, 0.3) is 22.3 Å². The first-order valence-electron chi connectivity index (χ1n) is 10.4. The Morgan fingerprint density at radius 2 is 0.879 bits per heavy atom. The van der Waals surface area contributed by atoms with Crippen LogP contribution >= 0.6 is 11.8 Å². The first-order chi connectivity index (χ1) is 16.3. The Kier molecular flexibility index (Phi) is 7.42. The minimum Gasteiger partial charge on any atom is -0.211 e. The van der Waals surface area contributed by atoms with E-state index in [-0.39, 0.29) is 0 Å². The Balaban J connectivity index is 1.59. The van der Waals surface area contributed by atoms with Crippen molar-refractivity contribution in [2.45, 2.75) is 11.5 Å². The Morgan fingerprint density at radius 1 is 0.515 bits per heavy atom. The molecule has 160 valence electrons.